The van der Waals surface area contributed by atoms with E-state index in [1.807, 2.05) is 0 Å². The SMILES string of the molecule is CC(C)(C)OC(=O)NC(C)(C)C(=O)OCCO. The van der Waals surface area contributed by atoms with Crippen LogP contribution < -0.4 is 5.32 Å². The first-order valence-electron chi connectivity index (χ1n) is 5.38. The van der Waals surface area contributed by atoms with E-state index in [1.165, 1.54) is 13.8 Å². The summed E-state index contributed by atoms with van der Waals surface area (Å²) < 4.78 is 9.75. The lowest BCUT2D eigenvalue weighted by Gasteiger charge is -2.26. The maximum absolute atomic E-state index is 11.5. The van der Waals surface area contributed by atoms with E-state index in [9.17, 15) is 9.59 Å². The largest absolute Gasteiger partial charge is 0.462 e. The van der Waals surface area contributed by atoms with Crippen molar-refractivity contribution in [1.29, 1.82) is 0 Å². The first kappa shape index (κ1) is 15.7. The molecule has 100 valence electrons. The number of aliphatic hydroxyl groups excluding tert-OH is 1. The van der Waals surface area contributed by atoms with Crippen LogP contribution in [-0.2, 0) is 14.3 Å². The van der Waals surface area contributed by atoms with Crippen LogP contribution in [0.5, 0.6) is 0 Å². The van der Waals surface area contributed by atoms with Gasteiger partial charge in [-0.05, 0) is 34.6 Å². The Labute approximate surface area is 101 Å². The van der Waals surface area contributed by atoms with Gasteiger partial charge in [0.25, 0.3) is 0 Å². The van der Waals surface area contributed by atoms with Crippen molar-refractivity contribution >= 4 is 12.1 Å². The number of carbonyl (C=O) groups is 2. The number of esters is 1. The predicted molar refractivity (Wildman–Crippen MR) is 61.5 cm³/mol. The number of rotatable bonds is 4. The Balaban J connectivity index is 4.33. The molecular formula is C11H21NO5. The van der Waals surface area contributed by atoms with Crippen LogP contribution in [0.15, 0.2) is 0 Å². The highest BCUT2D eigenvalue weighted by Crippen LogP contribution is 2.10. The molecule has 2 N–H and O–H groups in total. The third-order valence-electron chi connectivity index (χ3n) is 1.65. The lowest BCUT2D eigenvalue weighted by Crippen LogP contribution is -2.52. The number of hydrogen-bond donors (Lipinski definition) is 2. The third-order valence-corrected chi connectivity index (χ3v) is 1.65. The molecule has 0 aliphatic carbocycles. The normalized spacial score (nSPS) is 11.9. The quantitative estimate of drug-likeness (QED) is 0.719. The molecule has 0 spiro atoms. The van der Waals surface area contributed by atoms with Crippen LogP contribution in [0.1, 0.15) is 34.6 Å². The van der Waals surface area contributed by atoms with E-state index in [-0.39, 0.29) is 13.2 Å². The molecule has 0 rings (SSSR count). The van der Waals surface area contributed by atoms with Crippen molar-refractivity contribution in [3.8, 4) is 0 Å². The lowest BCUT2D eigenvalue weighted by atomic mass is 10.1. The molecule has 0 aromatic carbocycles. The van der Waals surface area contributed by atoms with E-state index in [4.69, 9.17) is 14.6 Å². The minimum Gasteiger partial charge on any atom is -0.462 e. The van der Waals surface area contributed by atoms with Crippen molar-refractivity contribution in [2.45, 2.75) is 45.8 Å². The molecule has 0 atom stereocenters. The van der Waals surface area contributed by atoms with Crippen LogP contribution in [0, 0.1) is 0 Å². The van der Waals surface area contributed by atoms with E-state index in [2.05, 4.69) is 5.32 Å². The van der Waals surface area contributed by atoms with E-state index in [0.29, 0.717) is 0 Å². The maximum Gasteiger partial charge on any atom is 0.408 e. The summed E-state index contributed by atoms with van der Waals surface area (Å²) in [5.41, 5.74) is -1.83. The van der Waals surface area contributed by atoms with Gasteiger partial charge in [0.1, 0.15) is 17.7 Å². The molecule has 1 amide bonds. The summed E-state index contributed by atoms with van der Waals surface area (Å²) in [4.78, 5) is 23.0. The van der Waals surface area contributed by atoms with Gasteiger partial charge in [-0.25, -0.2) is 9.59 Å². The Bertz CT molecular complexity index is 280. The van der Waals surface area contributed by atoms with Crippen molar-refractivity contribution in [2.75, 3.05) is 13.2 Å². The molecule has 0 heterocycles. The highest BCUT2D eigenvalue weighted by Gasteiger charge is 2.32. The highest BCUT2D eigenvalue weighted by molar-refractivity contribution is 5.84. The van der Waals surface area contributed by atoms with Gasteiger partial charge < -0.3 is 19.9 Å². The summed E-state index contributed by atoms with van der Waals surface area (Å²) in [6.45, 7) is 7.82. The van der Waals surface area contributed by atoms with Crippen LogP contribution in [0.4, 0.5) is 4.79 Å². The summed E-state index contributed by atoms with van der Waals surface area (Å²) in [6, 6.07) is 0. The Kier molecular flexibility index (Phi) is 5.41. The molecular weight excluding hydrogens is 226 g/mol. The molecule has 0 bridgehead atoms. The Morgan fingerprint density at radius 1 is 1.18 bits per heavy atom. The molecule has 0 radical (unpaired) electrons. The van der Waals surface area contributed by atoms with Gasteiger partial charge in [0, 0.05) is 0 Å². The molecule has 0 unspecified atom stereocenters. The van der Waals surface area contributed by atoms with Gasteiger partial charge in [0.2, 0.25) is 0 Å². The molecule has 6 heteroatoms. The van der Waals surface area contributed by atoms with Crippen molar-refractivity contribution in [3.63, 3.8) is 0 Å². The van der Waals surface area contributed by atoms with Gasteiger partial charge in [-0.1, -0.05) is 0 Å². The van der Waals surface area contributed by atoms with Crippen LogP contribution in [-0.4, -0.2) is 41.5 Å². The number of nitrogens with one attached hydrogen (secondary N) is 1. The monoisotopic (exact) mass is 247 g/mol. The summed E-state index contributed by atoms with van der Waals surface area (Å²) in [7, 11) is 0. The average molecular weight is 247 g/mol. The second kappa shape index (κ2) is 5.86. The van der Waals surface area contributed by atoms with Crippen molar-refractivity contribution in [2.24, 2.45) is 0 Å². The van der Waals surface area contributed by atoms with Gasteiger partial charge in [-0.15, -0.1) is 0 Å². The summed E-state index contributed by atoms with van der Waals surface area (Å²) in [6.07, 6.45) is -0.691. The second-order valence-corrected chi connectivity index (χ2v) is 5.11. The molecule has 0 aliphatic heterocycles. The van der Waals surface area contributed by atoms with E-state index in [1.54, 1.807) is 20.8 Å². The molecule has 0 aliphatic rings. The first-order chi connectivity index (χ1) is 7.58. The first-order valence-corrected chi connectivity index (χ1v) is 5.38. The van der Waals surface area contributed by atoms with Crippen molar-refractivity contribution in [3.05, 3.63) is 0 Å². The van der Waals surface area contributed by atoms with Gasteiger partial charge in [-0.2, -0.15) is 0 Å². The number of alkyl carbamates (subject to hydrolysis) is 1. The topological polar surface area (TPSA) is 84.9 Å². The van der Waals surface area contributed by atoms with E-state index >= 15 is 0 Å². The fraction of sp³-hybridized carbons (Fsp3) is 0.818. The average Bonchev–Trinajstić information content (AvgIpc) is 2.09. The Morgan fingerprint density at radius 3 is 2.12 bits per heavy atom. The summed E-state index contributed by atoms with van der Waals surface area (Å²) in [5, 5.41) is 10.9. The molecule has 6 nitrogen and oxygen atoms in total. The van der Waals surface area contributed by atoms with Crippen LogP contribution in [0.25, 0.3) is 0 Å². The minimum absolute atomic E-state index is 0.0989. The van der Waals surface area contributed by atoms with Gasteiger partial charge in [0.15, 0.2) is 0 Å². The van der Waals surface area contributed by atoms with Gasteiger partial charge in [0.05, 0.1) is 6.61 Å². The van der Waals surface area contributed by atoms with Crippen LogP contribution in [0.3, 0.4) is 0 Å². The van der Waals surface area contributed by atoms with E-state index < -0.39 is 23.2 Å². The Hall–Kier alpha value is -1.30. The fourth-order valence-electron chi connectivity index (χ4n) is 0.929. The molecule has 0 saturated heterocycles. The van der Waals surface area contributed by atoms with Crippen molar-refractivity contribution < 1.29 is 24.2 Å². The molecule has 0 saturated carbocycles. The number of hydrogen-bond acceptors (Lipinski definition) is 5. The second-order valence-electron chi connectivity index (χ2n) is 5.11. The highest BCUT2D eigenvalue weighted by atomic mass is 16.6. The standard InChI is InChI=1S/C11H21NO5/c1-10(2,3)17-9(15)12-11(4,5)8(14)16-7-6-13/h13H,6-7H2,1-5H3,(H,12,15). The predicted octanol–water partition coefficient (Wildman–Crippen LogP) is 0.825. The van der Waals surface area contributed by atoms with Gasteiger partial charge in [-0.3, -0.25) is 0 Å². The Morgan fingerprint density at radius 2 is 1.71 bits per heavy atom. The zero-order chi connectivity index (χ0) is 13.7. The molecule has 0 fully saturated rings. The van der Waals surface area contributed by atoms with Crippen molar-refractivity contribution in [1.82, 2.24) is 5.32 Å². The fourth-order valence-corrected chi connectivity index (χ4v) is 0.929. The number of ether oxygens (including phenoxy) is 2. The zero-order valence-corrected chi connectivity index (χ0v) is 11.0. The third kappa shape index (κ3) is 6.78. The summed E-state index contributed by atoms with van der Waals surface area (Å²) in [5.74, 6) is -0.627. The summed E-state index contributed by atoms with van der Waals surface area (Å²) >= 11 is 0. The number of aliphatic hydroxyl groups is 1. The van der Waals surface area contributed by atoms with Gasteiger partial charge >= 0.3 is 12.1 Å². The smallest absolute Gasteiger partial charge is 0.408 e. The minimum atomic E-state index is -1.20. The molecule has 0 aromatic heterocycles. The lowest BCUT2D eigenvalue weighted by molar-refractivity contribution is -0.151. The number of carbonyl (C=O) groups excluding carboxylic acids is 2. The molecule has 17 heavy (non-hydrogen) atoms. The molecule has 0 aromatic rings. The van der Waals surface area contributed by atoms with Crippen LogP contribution >= 0.6 is 0 Å². The number of amides is 1. The van der Waals surface area contributed by atoms with E-state index in [0.717, 1.165) is 0 Å². The zero-order valence-electron chi connectivity index (χ0n) is 11.0. The van der Waals surface area contributed by atoms with Crippen LogP contribution in [0.2, 0.25) is 0 Å². The maximum atomic E-state index is 11.5.